The molecular formula is C47H75SiTi. The smallest absolute Gasteiger partial charge is 0.358 e. The van der Waals surface area contributed by atoms with Crippen molar-refractivity contribution >= 4 is 16.3 Å². The first kappa shape index (κ1) is 46.1. The van der Waals surface area contributed by atoms with Gasteiger partial charge in [0.15, 0.2) is 0 Å². The largest absolute Gasteiger partial charge is 2.00 e. The normalized spacial score (nSPS) is 15.0. The van der Waals surface area contributed by atoms with Gasteiger partial charge in [-0.2, -0.15) is 0 Å². The van der Waals surface area contributed by atoms with Crippen LogP contribution in [0.5, 0.6) is 0 Å². The van der Waals surface area contributed by atoms with E-state index < -0.39 is 0 Å². The number of unbranched alkanes of at least 4 members (excludes halogenated alkanes) is 22. The molecule has 2 aromatic rings. The molecule has 0 spiro atoms. The number of hydrogen-bond donors (Lipinski definition) is 0. The van der Waals surface area contributed by atoms with Gasteiger partial charge in [0.25, 0.3) is 0 Å². The van der Waals surface area contributed by atoms with E-state index in [1.54, 1.807) is 11.1 Å². The van der Waals surface area contributed by atoms with E-state index in [2.05, 4.69) is 73.5 Å². The van der Waals surface area contributed by atoms with E-state index in [0.717, 1.165) is 0 Å². The minimum absolute atomic E-state index is 0. The van der Waals surface area contributed by atoms with Crippen molar-refractivity contribution in [1.82, 2.24) is 0 Å². The molecule has 0 aliphatic heterocycles. The van der Waals surface area contributed by atoms with E-state index in [-0.39, 0.29) is 42.0 Å². The molecule has 271 valence electrons. The van der Waals surface area contributed by atoms with Crippen LogP contribution in [0.3, 0.4) is 0 Å². The molecule has 4 rings (SSSR count). The fraction of sp³-hybridized carbons (Fsp3) is 0.660. The third-order valence-corrected chi connectivity index (χ3v) is 12.3. The van der Waals surface area contributed by atoms with Crippen molar-refractivity contribution in [3.05, 3.63) is 79.1 Å². The fourth-order valence-corrected chi connectivity index (χ4v) is 9.01. The molecule has 0 nitrogen and oxygen atoms in total. The Morgan fingerprint density at radius 3 is 1.39 bits per heavy atom. The van der Waals surface area contributed by atoms with Gasteiger partial charge in [-0.1, -0.05) is 204 Å². The van der Waals surface area contributed by atoms with Crippen LogP contribution in [0.2, 0.25) is 0 Å². The maximum Gasteiger partial charge on any atom is 2.00 e. The molecule has 0 bridgehead atoms. The van der Waals surface area contributed by atoms with Gasteiger partial charge in [-0.25, -0.2) is 0 Å². The first-order valence-electron chi connectivity index (χ1n) is 20.3. The van der Waals surface area contributed by atoms with Crippen LogP contribution < -0.4 is 0 Å². The number of rotatable bonds is 26. The summed E-state index contributed by atoms with van der Waals surface area (Å²) in [4.78, 5) is 0. The van der Waals surface area contributed by atoms with E-state index >= 15 is 0 Å². The van der Waals surface area contributed by atoms with Crippen molar-refractivity contribution in [3.8, 4) is 11.1 Å². The van der Waals surface area contributed by atoms with Gasteiger partial charge in [0, 0.05) is 15.7 Å². The topological polar surface area (TPSA) is 0 Å². The quantitative estimate of drug-likeness (QED) is 0.0517. The maximum absolute atomic E-state index is 4.06. The Kier molecular flexibility index (Phi) is 24.4. The van der Waals surface area contributed by atoms with Crippen LogP contribution >= 0.6 is 0 Å². The van der Waals surface area contributed by atoms with E-state index in [1.807, 2.05) is 0 Å². The van der Waals surface area contributed by atoms with Crippen LogP contribution in [-0.4, -0.2) is 10.2 Å². The molecule has 1 atom stereocenters. The van der Waals surface area contributed by atoms with Crippen LogP contribution in [0.4, 0.5) is 0 Å². The zero-order valence-electron chi connectivity index (χ0n) is 33.0. The van der Waals surface area contributed by atoms with Crippen molar-refractivity contribution in [1.29, 1.82) is 0 Å². The molecule has 0 N–H and O–H groups in total. The minimum atomic E-state index is 0. The SMILES string of the molecule is CCCCCCCCCCCCCCC1(CCCCCCCCCCCCCC)c2ccccc2-c2cc3c(cc21)C=C(C)C3[Si].[CH3-].[CH3-].[Ti+2]. The van der Waals surface area contributed by atoms with E-state index in [9.17, 15) is 0 Å². The molecule has 49 heavy (non-hydrogen) atoms. The van der Waals surface area contributed by atoms with E-state index in [4.69, 9.17) is 0 Å². The Hall–Kier alpha value is -0.889. The molecule has 0 heterocycles. The Morgan fingerprint density at radius 1 is 0.531 bits per heavy atom. The monoisotopic (exact) mass is 716 g/mol. The van der Waals surface area contributed by atoms with Gasteiger partial charge in [-0.3, -0.25) is 0 Å². The Balaban J connectivity index is 0.00000400. The third-order valence-electron chi connectivity index (χ3n) is 11.5. The molecule has 2 aliphatic carbocycles. The van der Waals surface area contributed by atoms with Crippen molar-refractivity contribution in [2.24, 2.45) is 0 Å². The van der Waals surface area contributed by atoms with Crippen LogP contribution in [0, 0.1) is 14.9 Å². The summed E-state index contributed by atoms with van der Waals surface area (Å²) in [5.74, 6) is 0. The van der Waals surface area contributed by atoms with Gasteiger partial charge in [-0.15, -0.1) is 0 Å². The fourth-order valence-electron chi connectivity index (χ4n) is 8.68. The second-order valence-corrected chi connectivity index (χ2v) is 15.8. The van der Waals surface area contributed by atoms with Gasteiger partial charge >= 0.3 is 21.7 Å². The summed E-state index contributed by atoms with van der Waals surface area (Å²) in [5.41, 5.74) is 11.2. The standard InChI is InChI=1S/C45H69Si.2CH3.Ti/c1-4-6-8-10-12-14-16-18-20-22-24-28-32-45(33-29-25-23-21-19-17-15-13-11-9-7-5-2)42-31-27-26-30-39(42)41-36-40-38(35-43(41)45)34-37(3)44(40)46;;;/h26-27,30-31,34-36,44H,4-25,28-29,32-33H2,1-3H3;2*1H3;/q;2*-1;+2. The van der Waals surface area contributed by atoms with Gasteiger partial charge in [0.1, 0.15) is 0 Å². The van der Waals surface area contributed by atoms with Crippen molar-refractivity contribution in [3.63, 3.8) is 0 Å². The number of fused-ring (bicyclic) bond motifs is 4. The summed E-state index contributed by atoms with van der Waals surface area (Å²) in [6.07, 6.45) is 39.2. The Bertz CT molecular complexity index is 1150. The molecular weight excluding hydrogens is 640 g/mol. The summed E-state index contributed by atoms with van der Waals surface area (Å²) in [7, 11) is 4.06. The molecule has 2 aromatic carbocycles. The molecule has 0 saturated heterocycles. The first-order chi connectivity index (χ1) is 22.6. The van der Waals surface area contributed by atoms with Crippen molar-refractivity contribution in [2.45, 2.75) is 199 Å². The molecule has 0 aromatic heterocycles. The van der Waals surface area contributed by atoms with Crippen LogP contribution in [0.1, 0.15) is 216 Å². The molecule has 3 radical (unpaired) electrons. The van der Waals surface area contributed by atoms with Gasteiger partial charge in [0.05, 0.1) is 0 Å². The predicted octanol–water partition coefficient (Wildman–Crippen LogP) is 15.7. The number of hydrogen-bond acceptors (Lipinski definition) is 0. The average molecular weight is 716 g/mol. The molecule has 2 aliphatic rings. The van der Waals surface area contributed by atoms with Gasteiger partial charge in [0.2, 0.25) is 0 Å². The van der Waals surface area contributed by atoms with Crippen molar-refractivity contribution in [2.75, 3.05) is 0 Å². The Morgan fingerprint density at radius 2 is 0.939 bits per heavy atom. The molecule has 0 fully saturated rings. The second kappa shape index (κ2) is 26.0. The second-order valence-electron chi connectivity index (χ2n) is 15.3. The van der Waals surface area contributed by atoms with Crippen LogP contribution in [0.15, 0.2) is 42.0 Å². The van der Waals surface area contributed by atoms with Crippen molar-refractivity contribution < 1.29 is 21.7 Å². The molecule has 0 amide bonds. The zero-order valence-corrected chi connectivity index (χ0v) is 35.6. The summed E-state index contributed by atoms with van der Waals surface area (Å²) < 4.78 is 0. The van der Waals surface area contributed by atoms with Gasteiger partial charge < -0.3 is 14.9 Å². The average Bonchev–Trinajstić information content (AvgIpc) is 3.50. The summed E-state index contributed by atoms with van der Waals surface area (Å²) in [5, 5.41) is 0. The molecule has 2 heteroatoms. The predicted molar refractivity (Wildman–Crippen MR) is 219 cm³/mol. The number of benzene rings is 2. The number of allylic oxidation sites excluding steroid dienone is 1. The summed E-state index contributed by atoms with van der Waals surface area (Å²) >= 11 is 0. The molecule has 1 unspecified atom stereocenters. The van der Waals surface area contributed by atoms with Gasteiger partial charge in [-0.05, 0) is 70.8 Å². The van der Waals surface area contributed by atoms with E-state index in [1.165, 1.54) is 195 Å². The Labute approximate surface area is 325 Å². The molecule has 0 saturated carbocycles. The third kappa shape index (κ3) is 13.6. The first-order valence-corrected chi connectivity index (χ1v) is 20.9. The van der Waals surface area contributed by atoms with E-state index in [0.29, 0.717) is 5.54 Å². The summed E-state index contributed by atoms with van der Waals surface area (Å²) in [6.45, 7) is 6.91. The van der Waals surface area contributed by atoms with Crippen LogP contribution in [0.25, 0.3) is 17.2 Å². The summed E-state index contributed by atoms with van der Waals surface area (Å²) in [6, 6.07) is 14.7. The maximum atomic E-state index is 4.06. The zero-order chi connectivity index (χ0) is 32.5. The van der Waals surface area contributed by atoms with Crippen LogP contribution in [-0.2, 0) is 27.1 Å². The minimum Gasteiger partial charge on any atom is -0.358 e.